The zero-order chi connectivity index (χ0) is 11.3. The molecule has 1 fully saturated rings. The fourth-order valence-corrected chi connectivity index (χ4v) is 2.62. The Morgan fingerprint density at radius 1 is 1.50 bits per heavy atom. The van der Waals surface area contributed by atoms with Crippen LogP contribution in [0.2, 0.25) is 0 Å². The monoisotopic (exact) mass is 281 g/mol. The number of pyridine rings is 1. The fraction of sp³-hybridized carbons (Fsp3) is 0.455. The van der Waals surface area contributed by atoms with Gasteiger partial charge < -0.3 is 9.67 Å². The standard InChI is InChI=1S/C11H12BrN3O/c1-6-14-11-10(2-7(12)5-13-11)15(6)8-3-9(16)4-8/h2,5,8-9,16H,3-4H2,1H3. The molecule has 0 unspecified atom stereocenters. The summed E-state index contributed by atoms with van der Waals surface area (Å²) in [6.45, 7) is 1.99. The molecule has 16 heavy (non-hydrogen) atoms. The molecule has 0 atom stereocenters. The van der Waals surface area contributed by atoms with Crippen molar-refractivity contribution >= 4 is 27.1 Å². The number of aliphatic hydroxyl groups is 1. The summed E-state index contributed by atoms with van der Waals surface area (Å²) in [6.07, 6.45) is 3.24. The van der Waals surface area contributed by atoms with E-state index in [1.54, 1.807) is 6.20 Å². The Morgan fingerprint density at radius 3 is 2.94 bits per heavy atom. The topological polar surface area (TPSA) is 50.9 Å². The lowest BCUT2D eigenvalue weighted by atomic mass is 9.89. The van der Waals surface area contributed by atoms with Gasteiger partial charge in [-0.05, 0) is 41.8 Å². The van der Waals surface area contributed by atoms with Crippen LogP contribution in [-0.2, 0) is 0 Å². The maximum absolute atomic E-state index is 9.38. The normalized spacial score (nSPS) is 24.7. The largest absolute Gasteiger partial charge is 0.393 e. The zero-order valence-electron chi connectivity index (χ0n) is 8.89. The average molecular weight is 282 g/mol. The number of fused-ring (bicyclic) bond motifs is 1. The van der Waals surface area contributed by atoms with Gasteiger partial charge in [0.2, 0.25) is 0 Å². The van der Waals surface area contributed by atoms with Crippen molar-refractivity contribution in [3.8, 4) is 0 Å². The highest BCUT2D eigenvalue weighted by atomic mass is 79.9. The lowest BCUT2D eigenvalue weighted by Crippen LogP contribution is -2.31. The first kappa shape index (κ1) is 10.2. The predicted molar refractivity (Wildman–Crippen MR) is 64.2 cm³/mol. The summed E-state index contributed by atoms with van der Waals surface area (Å²) < 4.78 is 3.14. The maximum atomic E-state index is 9.38. The smallest absolute Gasteiger partial charge is 0.177 e. The van der Waals surface area contributed by atoms with E-state index >= 15 is 0 Å². The van der Waals surface area contributed by atoms with E-state index in [9.17, 15) is 5.11 Å². The van der Waals surface area contributed by atoms with E-state index in [0.717, 1.165) is 34.3 Å². The molecule has 4 nitrogen and oxygen atoms in total. The number of aromatic nitrogens is 3. The number of nitrogens with zero attached hydrogens (tertiary/aromatic N) is 3. The lowest BCUT2D eigenvalue weighted by Gasteiger charge is -2.33. The molecule has 0 spiro atoms. The van der Waals surface area contributed by atoms with Crippen LogP contribution >= 0.6 is 15.9 Å². The highest BCUT2D eigenvalue weighted by Gasteiger charge is 2.30. The molecule has 2 aromatic heterocycles. The molecule has 0 radical (unpaired) electrons. The summed E-state index contributed by atoms with van der Waals surface area (Å²) >= 11 is 3.42. The Hall–Kier alpha value is -0.940. The van der Waals surface area contributed by atoms with Gasteiger partial charge >= 0.3 is 0 Å². The Kier molecular flexibility index (Phi) is 2.26. The van der Waals surface area contributed by atoms with Gasteiger partial charge in [0.1, 0.15) is 5.82 Å². The molecule has 3 rings (SSSR count). The van der Waals surface area contributed by atoms with E-state index in [1.807, 2.05) is 13.0 Å². The van der Waals surface area contributed by atoms with E-state index in [0.29, 0.717) is 6.04 Å². The minimum Gasteiger partial charge on any atom is -0.393 e. The third kappa shape index (κ3) is 1.46. The molecule has 1 aliphatic rings. The second kappa shape index (κ2) is 3.53. The minimum atomic E-state index is -0.151. The van der Waals surface area contributed by atoms with Crippen LogP contribution in [0.3, 0.4) is 0 Å². The first-order chi connectivity index (χ1) is 7.65. The quantitative estimate of drug-likeness (QED) is 0.872. The summed E-state index contributed by atoms with van der Waals surface area (Å²) in [5.74, 6) is 0.970. The van der Waals surface area contributed by atoms with E-state index in [-0.39, 0.29) is 6.10 Å². The van der Waals surface area contributed by atoms with Gasteiger partial charge in [-0.1, -0.05) is 0 Å². The number of aliphatic hydroxyl groups excluding tert-OH is 1. The number of rotatable bonds is 1. The Balaban J connectivity index is 2.15. The van der Waals surface area contributed by atoms with E-state index in [2.05, 4.69) is 30.5 Å². The van der Waals surface area contributed by atoms with Crippen LogP contribution in [0.1, 0.15) is 24.7 Å². The van der Waals surface area contributed by atoms with Crippen molar-refractivity contribution in [3.05, 3.63) is 22.6 Å². The molecule has 5 heteroatoms. The molecule has 0 aliphatic heterocycles. The van der Waals surface area contributed by atoms with Gasteiger partial charge in [-0.15, -0.1) is 0 Å². The van der Waals surface area contributed by atoms with Crippen LogP contribution in [0, 0.1) is 6.92 Å². The van der Waals surface area contributed by atoms with Crippen LogP contribution in [0.4, 0.5) is 0 Å². The number of hydrogen-bond acceptors (Lipinski definition) is 3. The number of halogens is 1. The summed E-state index contributed by atoms with van der Waals surface area (Å²) in [5.41, 5.74) is 1.82. The van der Waals surface area contributed by atoms with Crippen molar-refractivity contribution in [2.75, 3.05) is 0 Å². The van der Waals surface area contributed by atoms with Gasteiger partial charge in [-0.25, -0.2) is 9.97 Å². The molecular formula is C11H12BrN3O. The SMILES string of the molecule is Cc1nc2ncc(Br)cc2n1C1CC(O)C1. The fourth-order valence-electron chi connectivity index (χ4n) is 2.30. The average Bonchev–Trinajstić information content (AvgIpc) is 2.49. The predicted octanol–water partition coefficient (Wildman–Crippen LogP) is 2.20. The van der Waals surface area contributed by atoms with E-state index < -0.39 is 0 Å². The van der Waals surface area contributed by atoms with Gasteiger partial charge in [0.25, 0.3) is 0 Å². The molecule has 2 aromatic rings. The summed E-state index contributed by atoms with van der Waals surface area (Å²) in [4.78, 5) is 8.71. The van der Waals surface area contributed by atoms with Gasteiger partial charge in [0.05, 0.1) is 11.6 Å². The zero-order valence-corrected chi connectivity index (χ0v) is 10.5. The van der Waals surface area contributed by atoms with Crippen molar-refractivity contribution in [1.29, 1.82) is 0 Å². The van der Waals surface area contributed by atoms with Crippen LogP contribution in [0.15, 0.2) is 16.7 Å². The van der Waals surface area contributed by atoms with Crippen molar-refractivity contribution < 1.29 is 5.11 Å². The number of hydrogen-bond donors (Lipinski definition) is 1. The molecule has 1 saturated carbocycles. The third-order valence-corrected chi connectivity index (χ3v) is 3.58. The molecular weight excluding hydrogens is 270 g/mol. The number of imidazole rings is 1. The van der Waals surface area contributed by atoms with Crippen LogP contribution in [0.25, 0.3) is 11.2 Å². The van der Waals surface area contributed by atoms with Crippen molar-refractivity contribution in [2.45, 2.75) is 31.9 Å². The van der Waals surface area contributed by atoms with Crippen LogP contribution in [0.5, 0.6) is 0 Å². The van der Waals surface area contributed by atoms with Crippen LogP contribution in [-0.4, -0.2) is 25.7 Å². The Bertz CT molecular complexity index is 545. The van der Waals surface area contributed by atoms with E-state index in [4.69, 9.17) is 0 Å². The Morgan fingerprint density at radius 2 is 2.25 bits per heavy atom. The van der Waals surface area contributed by atoms with E-state index in [1.165, 1.54) is 0 Å². The highest BCUT2D eigenvalue weighted by molar-refractivity contribution is 9.10. The first-order valence-corrected chi connectivity index (χ1v) is 6.12. The second-order valence-corrected chi connectivity index (χ2v) is 5.22. The molecule has 84 valence electrons. The van der Waals surface area contributed by atoms with Gasteiger partial charge in [0, 0.05) is 16.7 Å². The van der Waals surface area contributed by atoms with Gasteiger partial charge in [0.15, 0.2) is 5.65 Å². The maximum Gasteiger partial charge on any atom is 0.177 e. The lowest BCUT2D eigenvalue weighted by molar-refractivity contribution is 0.0494. The molecule has 1 aliphatic carbocycles. The summed E-state index contributed by atoms with van der Waals surface area (Å²) in [6, 6.07) is 2.41. The highest BCUT2D eigenvalue weighted by Crippen LogP contribution is 2.35. The second-order valence-electron chi connectivity index (χ2n) is 4.30. The Labute approximate surface area is 101 Å². The molecule has 0 aromatic carbocycles. The third-order valence-electron chi connectivity index (χ3n) is 3.14. The summed E-state index contributed by atoms with van der Waals surface area (Å²) in [7, 11) is 0. The molecule has 0 bridgehead atoms. The number of aryl methyl sites for hydroxylation is 1. The van der Waals surface area contributed by atoms with Crippen molar-refractivity contribution in [1.82, 2.24) is 14.5 Å². The minimum absolute atomic E-state index is 0.151. The van der Waals surface area contributed by atoms with Crippen LogP contribution < -0.4 is 0 Å². The summed E-state index contributed by atoms with van der Waals surface area (Å²) in [5, 5.41) is 9.38. The van der Waals surface area contributed by atoms with Crippen molar-refractivity contribution in [3.63, 3.8) is 0 Å². The molecule has 0 amide bonds. The van der Waals surface area contributed by atoms with Crippen molar-refractivity contribution in [2.24, 2.45) is 0 Å². The molecule has 1 N–H and O–H groups in total. The molecule has 0 saturated heterocycles. The van der Waals surface area contributed by atoms with Gasteiger partial charge in [-0.3, -0.25) is 0 Å². The van der Waals surface area contributed by atoms with Gasteiger partial charge in [-0.2, -0.15) is 0 Å². The first-order valence-electron chi connectivity index (χ1n) is 5.33. The molecule has 2 heterocycles.